The van der Waals surface area contributed by atoms with Crippen LogP contribution in [0.2, 0.25) is 0 Å². The van der Waals surface area contributed by atoms with Crippen molar-refractivity contribution in [2.24, 2.45) is 5.73 Å². The van der Waals surface area contributed by atoms with Crippen molar-refractivity contribution in [3.8, 4) is 11.5 Å². The molecule has 0 bridgehead atoms. The van der Waals surface area contributed by atoms with Gasteiger partial charge in [-0.15, -0.1) is 0 Å². The van der Waals surface area contributed by atoms with Gasteiger partial charge in [0.15, 0.2) is 11.5 Å². The fourth-order valence-corrected chi connectivity index (χ4v) is 2.99. The van der Waals surface area contributed by atoms with E-state index in [0.717, 1.165) is 28.8 Å². The van der Waals surface area contributed by atoms with E-state index < -0.39 is 0 Å². The number of benzene rings is 1. The zero-order valence-electron chi connectivity index (χ0n) is 10.3. The molecule has 0 radical (unpaired) electrons. The van der Waals surface area contributed by atoms with Crippen LogP contribution in [0.3, 0.4) is 0 Å². The molecule has 1 unspecified atom stereocenters. The molecule has 1 heterocycles. The maximum atomic E-state index is 5.89. The van der Waals surface area contributed by atoms with Crippen LogP contribution in [-0.2, 0) is 12.8 Å². The average Bonchev–Trinajstić information content (AvgIpc) is 2.29. The molecular weight excluding hydrogens is 282 g/mol. The van der Waals surface area contributed by atoms with Crippen LogP contribution in [0.4, 0.5) is 0 Å². The van der Waals surface area contributed by atoms with Crippen molar-refractivity contribution >= 4 is 15.9 Å². The van der Waals surface area contributed by atoms with Gasteiger partial charge in [-0.3, -0.25) is 0 Å². The van der Waals surface area contributed by atoms with Crippen molar-refractivity contribution < 1.29 is 9.47 Å². The summed E-state index contributed by atoms with van der Waals surface area (Å²) in [7, 11) is 0. The number of ether oxygens (including phenoxy) is 2. The minimum Gasteiger partial charge on any atom is -0.486 e. The van der Waals surface area contributed by atoms with E-state index in [2.05, 4.69) is 28.9 Å². The number of nitrogens with two attached hydrogens (primary N) is 1. The third kappa shape index (κ3) is 2.58. The number of rotatable bonds is 3. The Morgan fingerprint density at radius 1 is 1.41 bits per heavy atom. The predicted molar refractivity (Wildman–Crippen MR) is 71.9 cm³/mol. The molecule has 17 heavy (non-hydrogen) atoms. The molecule has 1 aromatic rings. The van der Waals surface area contributed by atoms with Gasteiger partial charge in [-0.2, -0.15) is 0 Å². The quantitative estimate of drug-likeness (QED) is 0.933. The van der Waals surface area contributed by atoms with E-state index in [1.165, 1.54) is 11.1 Å². The van der Waals surface area contributed by atoms with Crippen molar-refractivity contribution in [3.63, 3.8) is 0 Å². The van der Waals surface area contributed by atoms with Crippen LogP contribution in [0, 0.1) is 0 Å². The third-order valence-electron chi connectivity index (χ3n) is 2.86. The highest BCUT2D eigenvalue weighted by Crippen LogP contribution is 2.42. The van der Waals surface area contributed by atoms with Crippen molar-refractivity contribution in [2.45, 2.75) is 32.7 Å². The number of halogens is 1. The molecule has 1 atom stereocenters. The summed E-state index contributed by atoms with van der Waals surface area (Å²) in [4.78, 5) is 0. The maximum absolute atomic E-state index is 5.89. The summed E-state index contributed by atoms with van der Waals surface area (Å²) in [5.74, 6) is 1.66. The molecule has 0 aromatic heterocycles. The summed E-state index contributed by atoms with van der Waals surface area (Å²) in [6.45, 7) is 5.38. The first-order valence-corrected chi connectivity index (χ1v) is 6.78. The monoisotopic (exact) mass is 299 g/mol. The lowest BCUT2D eigenvalue weighted by Crippen LogP contribution is -2.20. The Hall–Kier alpha value is -0.740. The molecule has 2 rings (SSSR count). The molecule has 0 aliphatic carbocycles. The van der Waals surface area contributed by atoms with Crippen LogP contribution in [-0.4, -0.2) is 19.3 Å². The van der Waals surface area contributed by atoms with E-state index in [0.29, 0.717) is 13.2 Å². The molecule has 0 fully saturated rings. The summed E-state index contributed by atoms with van der Waals surface area (Å²) < 4.78 is 12.3. The molecule has 0 spiro atoms. The Bertz CT molecular complexity index is 418. The van der Waals surface area contributed by atoms with E-state index >= 15 is 0 Å². The molecular formula is C13H18BrNO2. The van der Waals surface area contributed by atoms with Crippen LogP contribution in [0.1, 0.15) is 25.0 Å². The minimum absolute atomic E-state index is 0.148. The minimum atomic E-state index is 0.148. The molecule has 2 N–H and O–H groups in total. The number of hydrogen-bond acceptors (Lipinski definition) is 3. The molecule has 1 aliphatic heterocycles. The second kappa shape index (κ2) is 5.27. The summed E-state index contributed by atoms with van der Waals surface area (Å²) in [5.41, 5.74) is 8.41. The summed E-state index contributed by atoms with van der Waals surface area (Å²) in [6, 6.07) is 2.22. The van der Waals surface area contributed by atoms with Gasteiger partial charge in [-0.05, 0) is 52.9 Å². The second-order valence-electron chi connectivity index (χ2n) is 4.39. The number of fused-ring (bicyclic) bond motifs is 1. The maximum Gasteiger partial charge on any atom is 0.175 e. The van der Waals surface area contributed by atoms with E-state index in [9.17, 15) is 0 Å². The Morgan fingerprint density at radius 2 is 2.12 bits per heavy atom. The first-order chi connectivity index (χ1) is 8.13. The van der Waals surface area contributed by atoms with E-state index in [4.69, 9.17) is 15.2 Å². The SMILES string of the molecule is CCc1c(CC(C)N)cc2c(c1Br)OCCO2. The zero-order chi connectivity index (χ0) is 12.4. The lowest BCUT2D eigenvalue weighted by atomic mass is 9.98. The standard InChI is InChI=1S/C13H18BrNO2/c1-3-10-9(6-8(2)15)7-11-13(12(10)14)17-5-4-16-11/h7-8H,3-6,15H2,1-2H3. The van der Waals surface area contributed by atoms with Gasteiger partial charge in [0.1, 0.15) is 13.2 Å². The molecule has 94 valence electrons. The molecule has 0 saturated heterocycles. The Kier molecular flexibility index (Phi) is 3.94. The zero-order valence-corrected chi connectivity index (χ0v) is 11.8. The lowest BCUT2D eigenvalue weighted by Gasteiger charge is -2.23. The third-order valence-corrected chi connectivity index (χ3v) is 3.70. The highest BCUT2D eigenvalue weighted by molar-refractivity contribution is 9.10. The van der Waals surface area contributed by atoms with E-state index in [1.807, 2.05) is 6.92 Å². The van der Waals surface area contributed by atoms with Gasteiger partial charge in [-0.1, -0.05) is 6.92 Å². The van der Waals surface area contributed by atoms with Crippen LogP contribution in [0.5, 0.6) is 11.5 Å². The topological polar surface area (TPSA) is 44.5 Å². The highest BCUT2D eigenvalue weighted by Gasteiger charge is 2.20. The summed E-state index contributed by atoms with van der Waals surface area (Å²) in [5, 5.41) is 0. The fourth-order valence-electron chi connectivity index (χ4n) is 2.15. The smallest absolute Gasteiger partial charge is 0.175 e. The van der Waals surface area contributed by atoms with Crippen LogP contribution < -0.4 is 15.2 Å². The lowest BCUT2D eigenvalue weighted by molar-refractivity contribution is 0.170. The summed E-state index contributed by atoms with van der Waals surface area (Å²) >= 11 is 3.62. The van der Waals surface area contributed by atoms with Crippen LogP contribution in [0.15, 0.2) is 10.5 Å². The van der Waals surface area contributed by atoms with Crippen molar-refractivity contribution in [1.29, 1.82) is 0 Å². The Labute approximate surface area is 110 Å². The molecule has 0 amide bonds. The van der Waals surface area contributed by atoms with Gasteiger partial charge in [0.25, 0.3) is 0 Å². The normalized spacial score (nSPS) is 15.8. The largest absolute Gasteiger partial charge is 0.486 e. The van der Waals surface area contributed by atoms with Crippen LogP contribution >= 0.6 is 15.9 Å². The molecule has 3 nitrogen and oxygen atoms in total. The molecule has 0 saturated carbocycles. The molecule has 1 aliphatic rings. The van der Waals surface area contributed by atoms with Gasteiger partial charge in [0, 0.05) is 6.04 Å². The van der Waals surface area contributed by atoms with Crippen molar-refractivity contribution in [3.05, 3.63) is 21.7 Å². The van der Waals surface area contributed by atoms with E-state index in [-0.39, 0.29) is 6.04 Å². The molecule has 1 aromatic carbocycles. The van der Waals surface area contributed by atoms with Gasteiger partial charge in [-0.25, -0.2) is 0 Å². The molecule has 4 heteroatoms. The van der Waals surface area contributed by atoms with Gasteiger partial charge in [0.2, 0.25) is 0 Å². The number of hydrogen-bond donors (Lipinski definition) is 1. The first kappa shape index (κ1) is 12.7. The summed E-state index contributed by atoms with van der Waals surface area (Å²) in [6.07, 6.45) is 1.82. The fraction of sp³-hybridized carbons (Fsp3) is 0.538. The average molecular weight is 300 g/mol. The van der Waals surface area contributed by atoms with Crippen molar-refractivity contribution in [2.75, 3.05) is 13.2 Å². The van der Waals surface area contributed by atoms with Gasteiger partial charge < -0.3 is 15.2 Å². The Balaban J connectivity index is 2.48. The predicted octanol–water partition coefficient (Wildman–Crippen LogP) is 2.67. The van der Waals surface area contributed by atoms with Gasteiger partial charge in [0.05, 0.1) is 4.47 Å². The first-order valence-electron chi connectivity index (χ1n) is 5.99. The van der Waals surface area contributed by atoms with Crippen molar-refractivity contribution in [1.82, 2.24) is 0 Å². The Morgan fingerprint density at radius 3 is 2.76 bits per heavy atom. The highest BCUT2D eigenvalue weighted by atomic mass is 79.9. The van der Waals surface area contributed by atoms with Crippen LogP contribution in [0.25, 0.3) is 0 Å². The second-order valence-corrected chi connectivity index (χ2v) is 5.18. The van der Waals surface area contributed by atoms with E-state index in [1.54, 1.807) is 0 Å². The van der Waals surface area contributed by atoms with Gasteiger partial charge >= 0.3 is 0 Å².